The lowest BCUT2D eigenvalue weighted by Gasteiger charge is -2.34. The standard InChI is InChI=1S/C17H25N5O2/c1-12-18-19-15(24-12)11-21(17(2,3)4)16(23)14-9-10-22(20-14)13-7-5-6-8-13/h9-10,13H,5-8,11H2,1-4H3. The van der Waals surface area contributed by atoms with Crippen LogP contribution in [0, 0.1) is 6.92 Å². The molecule has 2 aromatic heterocycles. The fourth-order valence-electron chi connectivity index (χ4n) is 3.11. The van der Waals surface area contributed by atoms with Gasteiger partial charge in [-0.3, -0.25) is 9.48 Å². The lowest BCUT2D eigenvalue weighted by molar-refractivity contribution is 0.0524. The molecule has 7 heteroatoms. The highest BCUT2D eigenvalue weighted by atomic mass is 16.4. The van der Waals surface area contributed by atoms with Gasteiger partial charge < -0.3 is 9.32 Å². The molecule has 2 heterocycles. The van der Waals surface area contributed by atoms with E-state index in [1.54, 1.807) is 17.9 Å². The second-order valence-corrected chi connectivity index (χ2v) is 7.40. The fourth-order valence-corrected chi connectivity index (χ4v) is 3.11. The maximum Gasteiger partial charge on any atom is 0.275 e. The highest BCUT2D eigenvalue weighted by molar-refractivity contribution is 5.92. The predicted molar refractivity (Wildman–Crippen MR) is 88.4 cm³/mol. The van der Waals surface area contributed by atoms with E-state index in [2.05, 4.69) is 15.3 Å². The van der Waals surface area contributed by atoms with E-state index in [4.69, 9.17) is 4.42 Å². The largest absolute Gasteiger partial charge is 0.424 e. The fraction of sp³-hybridized carbons (Fsp3) is 0.647. The molecule has 0 radical (unpaired) electrons. The van der Waals surface area contributed by atoms with Gasteiger partial charge in [0.15, 0.2) is 0 Å². The van der Waals surface area contributed by atoms with Crippen LogP contribution in [-0.2, 0) is 6.54 Å². The van der Waals surface area contributed by atoms with E-state index >= 15 is 0 Å². The Morgan fingerprint density at radius 1 is 1.33 bits per heavy atom. The SMILES string of the molecule is Cc1nnc(CN(C(=O)c2ccn(C3CCCC3)n2)C(C)(C)C)o1. The average molecular weight is 331 g/mol. The molecule has 1 aliphatic carbocycles. The van der Waals surface area contributed by atoms with Crippen LogP contribution in [0.2, 0.25) is 0 Å². The Hall–Kier alpha value is -2.18. The highest BCUT2D eigenvalue weighted by Gasteiger charge is 2.31. The molecule has 0 spiro atoms. The molecular weight excluding hydrogens is 306 g/mol. The molecule has 0 atom stereocenters. The number of hydrogen-bond acceptors (Lipinski definition) is 5. The van der Waals surface area contributed by atoms with Crippen molar-refractivity contribution in [1.29, 1.82) is 0 Å². The summed E-state index contributed by atoms with van der Waals surface area (Å²) in [7, 11) is 0. The van der Waals surface area contributed by atoms with Crippen LogP contribution in [0.25, 0.3) is 0 Å². The van der Waals surface area contributed by atoms with Gasteiger partial charge in [-0.2, -0.15) is 5.10 Å². The zero-order valence-electron chi connectivity index (χ0n) is 14.8. The smallest absolute Gasteiger partial charge is 0.275 e. The van der Waals surface area contributed by atoms with Gasteiger partial charge >= 0.3 is 0 Å². The van der Waals surface area contributed by atoms with E-state index in [-0.39, 0.29) is 18.0 Å². The lowest BCUT2D eigenvalue weighted by atomic mass is 10.1. The van der Waals surface area contributed by atoms with Gasteiger partial charge in [-0.1, -0.05) is 12.8 Å². The second-order valence-electron chi connectivity index (χ2n) is 7.40. The number of carbonyl (C=O) groups is 1. The molecule has 1 amide bonds. The molecule has 0 N–H and O–H groups in total. The van der Waals surface area contributed by atoms with E-state index in [1.807, 2.05) is 31.6 Å². The van der Waals surface area contributed by atoms with Gasteiger partial charge in [0.2, 0.25) is 11.8 Å². The zero-order valence-corrected chi connectivity index (χ0v) is 14.8. The Bertz CT molecular complexity index is 707. The summed E-state index contributed by atoms with van der Waals surface area (Å²) in [5.74, 6) is 0.818. The molecular formula is C17H25N5O2. The number of amides is 1. The van der Waals surface area contributed by atoms with Crippen LogP contribution in [0.5, 0.6) is 0 Å². The summed E-state index contributed by atoms with van der Waals surface area (Å²) in [4.78, 5) is 14.7. The van der Waals surface area contributed by atoms with Crippen molar-refractivity contribution in [2.24, 2.45) is 0 Å². The van der Waals surface area contributed by atoms with Crippen LogP contribution in [0.15, 0.2) is 16.7 Å². The molecule has 1 fully saturated rings. The Kier molecular flexibility index (Phi) is 4.43. The number of nitrogens with zero attached hydrogens (tertiary/aromatic N) is 5. The number of aromatic nitrogens is 4. The third kappa shape index (κ3) is 3.49. The molecule has 0 aromatic carbocycles. The number of carbonyl (C=O) groups excluding carboxylic acids is 1. The van der Waals surface area contributed by atoms with Gasteiger partial charge in [0, 0.05) is 18.7 Å². The van der Waals surface area contributed by atoms with Crippen molar-refractivity contribution >= 4 is 5.91 Å². The Labute approximate surface area is 142 Å². The molecule has 0 bridgehead atoms. The minimum Gasteiger partial charge on any atom is -0.424 e. The molecule has 2 aromatic rings. The van der Waals surface area contributed by atoms with Gasteiger partial charge in [0.1, 0.15) is 5.69 Å². The maximum atomic E-state index is 13.0. The quantitative estimate of drug-likeness (QED) is 0.860. The minimum atomic E-state index is -0.378. The van der Waals surface area contributed by atoms with Crippen molar-refractivity contribution in [3.63, 3.8) is 0 Å². The molecule has 0 unspecified atom stereocenters. The summed E-state index contributed by atoms with van der Waals surface area (Å²) < 4.78 is 7.38. The van der Waals surface area contributed by atoms with Crippen LogP contribution < -0.4 is 0 Å². The Morgan fingerprint density at radius 2 is 2.04 bits per heavy atom. The van der Waals surface area contributed by atoms with E-state index in [1.165, 1.54) is 12.8 Å². The first-order valence-corrected chi connectivity index (χ1v) is 8.51. The van der Waals surface area contributed by atoms with Gasteiger partial charge in [-0.15, -0.1) is 10.2 Å². The second kappa shape index (κ2) is 6.37. The molecule has 130 valence electrons. The van der Waals surface area contributed by atoms with Gasteiger partial charge in [0.25, 0.3) is 5.91 Å². The van der Waals surface area contributed by atoms with E-state index in [0.717, 1.165) is 12.8 Å². The van der Waals surface area contributed by atoms with Crippen molar-refractivity contribution in [3.05, 3.63) is 29.7 Å². The summed E-state index contributed by atoms with van der Waals surface area (Å²) in [6.45, 7) is 7.98. The molecule has 1 aliphatic rings. The topological polar surface area (TPSA) is 77.1 Å². The number of aryl methyl sites for hydroxylation is 1. The summed E-state index contributed by atoms with van der Waals surface area (Å²) in [5, 5.41) is 12.4. The van der Waals surface area contributed by atoms with Crippen molar-refractivity contribution in [2.75, 3.05) is 0 Å². The Morgan fingerprint density at radius 3 is 2.62 bits per heavy atom. The first-order valence-electron chi connectivity index (χ1n) is 8.51. The van der Waals surface area contributed by atoms with Gasteiger partial charge in [0.05, 0.1) is 12.6 Å². The van der Waals surface area contributed by atoms with Crippen molar-refractivity contribution < 1.29 is 9.21 Å². The normalized spacial score (nSPS) is 15.8. The van der Waals surface area contributed by atoms with E-state index < -0.39 is 0 Å². The minimum absolute atomic E-state index is 0.116. The van der Waals surface area contributed by atoms with Crippen molar-refractivity contribution in [3.8, 4) is 0 Å². The monoisotopic (exact) mass is 331 g/mol. The van der Waals surface area contributed by atoms with E-state index in [9.17, 15) is 4.79 Å². The zero-order chi connectivity index (χ0) is 17.3. The third-order valence-electron chi connectivity index (χ3n) is 4.44. The lowest BCUT2D eigenvalue weighted by Crippen LogP contribution is -2.45. The third-order valence-corrected chi connectivity index (χ3v) is 4.44. The van der Waals surface area contributed by atoms with Crippen LogP contribution >= 0.6 is 0 Å². The number of rotatable bonds is 4. The first kappa shape index (κ1) is 16.7. The molecule has 3 rings (SSSR count). The van der Waals surface area contributed by atoms with Gasteiger partial charge in [-0.05, 0) is 39.7 Å². The highest BCUT2D eigenvalue weighted by Crippen LogP contribution is 2.29. The van der Waals surface area contributed by atoms with Gasteiger partial charge in [-0.25, -0.2) is 0 Å². The van der Waals surface area contributed by atoms with Crippen LogP contribution in [-0.4, -0.2) is 36.3 Å². The van der Waals surface area contributed by atoms with Crippen LogP contribution in [0.1, 0.15) is 74.8 Å². The summed E-state index contributed by atoms with van der Waals surface area (Å²) in [6.07, 6.45) is 6.66. The number of hydrogen-bond donors (Lipinski definition) is 0. The molecule has 1 saturated carbocycles. The average Bonchev–Trinajstić information content (AvgIpc) is 3.23. The molecule has 24 heavy (non-hydrogen) atoms. The van der Waals surface area contributed by atoms with Crippen LogP contribution in [0.3, 0.4) is 0 Å². The molecule has 0 saturated heterocycles. The molecule has 0 aliphatic heterocycles. The summed E-state index contributed by atoms with van der Waals surface area (Å²) in [6, 6.07) is 2.23. The van der Waals surface area contributed by atoms with E-state index in [0.29, 0.717) is 23.5 Å². The summed E-state index contributed by atoms with van der Waals surface area (Å²) >= 11 is 0. The van der Waals surface area contributed by atoms with Crippen molar-refractivity contribution in [1.82, 2.24) is 24.9 Å². The summed E-state index contributed by atoms with van der Waals surface area (Å²) in [5.41, 5.74) is 0.0874. The molecule has 7 nitrogen and oxygen atoms in total. The van der Waals surface area contributed by atoms with Crippen LogP contribution in [0.4, 0.5) is 0 Å². The predicted octanol–water partition coefficient (Wildman–Crippen LogP) is 3.13. The van der Waals surface area contributed by atoms with Crippen molar-refractivity contribution in [2.45, 2.75) is 71.5 Å². The maximum absolute atomic E-state index is 13.0. The Balaban J connectivity index is 1.80. The first-order chi connectivity index (χ1) is 11.3.